The minimum absolute atomic E-state index is 0.0280. The summed E-state index contributed by atoms with van der Waals surface area (Å²) in [6.07, 6.45) is 4.61. The molecule has 7 heteroatoms. The minimum Gasteiger partial charge on any atom is -0.408 e. The number of carbonyl (C=O) groups is 1. The summed E-state index contributed by atoms with van der Waals surface area (Å²) in [6, 6.07) is 7.06. The van der Waals surface area contributed by atoms with Gasteiger partial charge in [0.25, 0.3) is 0 Å². The quantitative estimate of drug-likeness (QED) is 0.724. The van der Waals surface area contributed by atoms with Gasteiger partial charge in [0.1, 0.15) is 12.4 Å². The predicted octanol–water partition coefficient (Wildman–Crippen LogP) is 2.42. The van der Waals surface area contributed by atoms with E-state index in [4.69, 9.17) is 4.42 Å². The van der Waals surface area contributed by atoms with E-state index >= 15 is 0 Å². The number of hydrogen-bond acceptors (Lipinski definition) is 4. The van der Waals surface area contributed by atoms with E-state index in [9.17, 15) is 9.59 Å². The van der Waals surface area contributed by atoms with Crippen LogP contribution < -0.4 is 5.76 Å². The third-order valence-corrected chi connectivity index (χ3v) is 4.96. The molecule has 0 aliphatic carbocycles. The van der Waals surface area contributed by atoms with Gasteiger partial charge in [0.05, 0.1) is 11.6 Å². The van der Waals surface area contributed by atoms with Crippen molar-refractivity contribution in [3.05, 3.63) is 53.0 Å². The van der Waals surface area contributed by atoms with E-state index in [1.165, 1.54) is 4.57 Å². The van der Waals surface area contributed by atoms with Gasteiger partial charge in [-0.05, 0) is 24.5 Å². The highest BCUT2D eigenvalue weighted by Gasteiger charge is 2.33. The molecule has 3 heterocycles. The van der Waals surface area contributed by atoms with Crippen molar-refractivity contribution < 1.29 is 9.21 Å². The van der Waals surface area contributed by atoms with E-state index in [1.807, 2.05) is 17.2 Å². The molecule has 1 atom stereocenters. The van der Waals surface area contributed by atoms with Crippen molar-refractivity contribution in [1.29, 1.82) is 0 Å². The van der Waals surface area contributed by atoms with Crippen molar-refractivity contribution in [2.24, 2.45) is 5.92 Å². The number of carbonyl (C=O) groups excluding carboxylic acids is 1. The van der Waals surface area contributed by atoms with Crippen LogP contribution in [0.15, 0.2) is 45.9 Å². The molecule has 7 nitrogen and oxygen atoms in total. The summed E-state index contributed by atoms with van der Waals surface area (Å²) < 4.78 is 8.78. The molecule has 4 rings (SSSR count). The Hall–Kier alpha value is -2.83. The normalized spacial score (nSPS) is 17.5. The van der Waals surface area contributed by atoms with Gasteiger partial charge in [-0.2, -0.15) is 0 Å². The summed E-state index contributed by atoms with van der Waals surface area (Å²) in [5.41, 5.74) is 1.14. The van der Waals surface area contributed by atoms with Crippen molar-refractivity contribution >= 4 is 17.0 Å². The van der Waals surface area contributed by atoms with Gasteiger partial charge < -0.3 is 13.9 Å². The fourth-order valence-corrected chi connectivity index (χ4v) is 3.79. The summed E-state index contributed by atoms with van der Waals surface area (Å²) in [5, 5.41) is 0. The monoisotopic (exact) mass is 354 g/mol. The molecule has 1 amide bonds. The molecule has 0 fully saturated rings. The number of oxazole rings is 1. The molecule has 3 aromatic rings. The van der Waals surface area contributed by atoms with Crippen LogP contribution in [-0.2, 0) is 17.9 Å². The Kier molecular flexibility index (Phi) is 4.14. The third kappa shape index (κ3) is 2.73. The maximum Gasteiger partial charge on any atom is 0.420 e. The number of benzene rings is 1. The Bertz CT molecular complexity index is 998. The number of amides is 1. The Morgan fingerprint density at radius 2 is 2.12 bits per heavy atom. The van der Waals surface area contributed by atoms with E-state index in [2.05, 4.69) is 23.4 Å². The van der Waals surface area contributed by atoms with Crippen molar-refractivity contribution in [2.75, 3.05) is 6.54 Å². The number of fused-ring (bicyclic) bond motifs is 2. The Labute approximate surface area is 150 Å². The first-order valence-electron chi connectivity index (χ1n) is 8.95. The molecule has 136 valence electrons. The molecule has 1 unspecified atom stereocenters. The average Bonchev–Trinajstić information content (AvgIpc) is 3.13. The Morgan fingerprint density at radius 1 is 1.31 bits per heavy atom. The van der Waals surface area contributed by atoms with Crippen molar-refractivity contribution in [2.45, 2.75) is 39.4 Å². The van der Waals surface area contributed by atoms with Gasteiger partial charge in [-0.1, -0.05) is 26.0 Å². The number of rotatable bonds is 3. The lowest BCUT2D eigenvalue weighted by Gasteiger charge is -2.32. The van der Waals surface area contributed by atoms with Gasteiger partial charge in [0, 0.05) is 25.5 Å². The van der Waals surface area contributed by atoms with Gasteiger partial charge in [-0.25, -0.2) is 9.78 Å². The van der Waals surface area contributed by atoms with E-state index in [0.29, 0.717) is 17.6 Å². The largest absolute Gasteiger partial charge is 0.420 e. The zero-order valence-electron chi connectivity index (χ0n) is 15.0. The van der Waals surface area contributed by atoms with Crippen LogP contribution in [0.2, 0.25) is 0 Å². The van der Waals surface area contributed by atoms with E-state index in [0.717, 1.165) is 18.8 Å². The molecular weight excluding hydrogens is 332 g/mol. The van der Waals surface area contributed by atoms with Crippen LogP contribution in [0.25, 0.3) is 11.1 Å². The van der Waals surface area contributed by atoms with Crippen LogP contribution in [0.5, 0.6) is 0 Å². The van der Waals surface area contributed by atoms with E-state index in [1.54, 1.807) is 24.4 Å². The summed E-state index contributed by atoms with van der Waals surface area (Å²) >= 11 is 0. The summed E-state index contributed by atoms with van der Waals surface area (Å²) in [6.45, 7) is 5.65. The van der Waals surface area contributed by atoms with Gasteiger partial charge in [-0.15, -0.1) is 0 Å². The van der Waals surface area contributed by atoms with Crippen LogP contribution in [0, 0.1) is 5.92 Å². The van der Waals surface area contributed by atoms with Crippen LogP contribution in [0.4, 0.5) is 0 Å². The van der Waals surface area contributed by atoms with Gasteiger partial charge in [0.2, 0.25) is 5.91 Å². The molecule has 0 saturated heterocycles. The van der Waals surface area contributed by atoms with Gasteiger partial charge in [0.15, 0.2) is 5.58 Å². The highest BCUT2D eigenvalue weighted by atomic mass is 16.4. The number of imidazole rings is 1. The third-order valence-electron chi connectivity index (χ3n) is 4.96. The predicted molar refractivity (Wildman–Crippen MR) is 96.6 cm³/mol. The number of para-hydroxylation sites is 2. The maximum atomic E-state index is 13.1. The first kappa shape index (κ1) is 16.6. The first-order chi connectivity index (χ1) is 12.6. The zero-order chi connectivity index (χ0) is 18.3. The van der Waals surface area contributed by atoms with Crippen molar-refractivity contribution in [3.8, 4) is 0 Å². The maximum absolute atomic E-state index is 13.1. The van der Waals surface area contributed by atoms with E-state index < -0.39 is 5.76 Å². The highest BCUT2D eigenvalue weighted by Crippen LogP contribution is 2.30. The fraction of sp³-hybridized carbons (Fsp3) is 0.421. The topological polar surface area (TPSA) is 73.3 Å². The number of nitrogens with zero attached hydrogens (tertiary/aromatic N) is 4. The lowest BCUT2D eigenvalue weighted by molar-refractivity contribution is -0.135. The standard InChI is InChI=1S/C19H22N4O3/c1-13(2)17-18-20-8-11-21(18)9-5-10-22(17)16(24)12-23-14-6-3-4-7-15(14)26-19(23)25/h3-4,6-8,11,13,17H,5,9-10,12H2,1-2H3. The summed E-state index contributed by atoms with van der Waals surface area (Å²) in [7, 11) is 0. The Balaban J connectivity index is 1.68. The van der Waals surface area contributed by atoms with Gasteiger partial charge >= 0.3 is 5.76 Å². The second-order valence-corrected chi connectivity index (χ2v) is 7.03. The molecule has 0 radical (unpaired) electrons. The fourth-order valence-electron chi connectivity index (χ4n) is 3.79. The van der Waals surface area contributed by atoms with Crippen LogP contribution in [0.1, 0.15) is 32.1 Å². The van der Waals surface area contributed by atoms with Crippen molar-refractivity contribution in [1.82, 2.24) is 19.0 Å². The van der Waals surface area contributed by atoms with Crippen LogP contribution in [0.3, 0.4) is 0 Å². The molecular formula is C19H22N4O3. The van der Waals surface area contributed by atoms with E-state index in [-0.39, 0.29) is 24.4 Å². The highest BCUT2D eigenvalue weighted by molar-refractivity contribution is 5.80. The van der Waals surface area contributed by atoms with Crippen LogP contribution >= 0.6 is 0 Å². The molecule has 0 saturated carbocycles. The lowest BCUT2D eigenvalue weighted by atomic mass is 10.0. The first-order valence-corrected chi connectivity index (χ1v) is 8.95. The molecule has 1 aromatic carbocycles. The summed E-state index contributed by atoms with van der Waals surface area (Å²) in [5.74, 6) is 0.539. The smallest absolute Gasteiger partial charge is 0.408 e. The molecule has 0 spiro atoms. The molecule has 2 aromatic heterocycles. The molecule has 0 bridgehead atoms. The summed E-state index contributed by atoms with van der Waals surface area (Å²) in [4.78, 5) is 31.7. The minimum atomic E-state index is -0.503. The Morgan fingerprint density at radius 3 is 2.92 bits per heavy atom. The average molecular weight is 354 g/mol. The number of aromatic nitrogens is 3. The molecule has 1 aliphatic rings. The van der Waals surface area contributed by atoms with Crippen LogP contribution in [-0.4, -0.2) is 31.5 Å². The number of hydrogen-bond donors (Lipinski definition) is 0. The van der Waals surface area contributed by atoms with Crippen molar-refractivity contribution in [3.63, 3.8) is 0 Å². The molecule has 0 N–H and O–H groups in total. The zero-order valence-corrected chi connectivity index (χ0v) is 15.0. The number of aryl methyl sites for hydroxylation is 1. The second kappa shape index (κ2) is 6.48. The molecule has 26 heavy (non-hydrogen) atoms. The lowest BCUT2D eigenvalue weighted by Crippen LogP contribution is -2.40. The second-order valence-electron chi connectivity index (χ2n) is 7.03. The molecule has 1 aliphatic heterocycles. The van der Waals surface area contributed by atoms with Gasteiger partial charge in [-0.3, -0.25) is 9.36 Å². The SMILES string of the molecule is CC(C)C1c2nccn2CCCN1C(=O)Cn1c(=O)oc2ccccc21.